The number of carbonyl (C=O) groups excluding carboxylic acids is 1. The van der Waals surface area contributed by atoms with Gasteiger partial charge in [-0.2, -0.15) is 5.10 Å². The summed E-state index contributed by atoms with van der Waals surface area (Å²) in [5.41, 5.74) is 1.18. The number of carbonyl (C=O) groups is 2. The minimum atomic E-state index is -1.01. The lowest BCUT2D eigenvalue weighted by atomic mass is 10.2. The molecule has 8 heteroatoms. The van der Waals surface area contributed by atoms with E-state index >= 15 is 0 Å². The quantitative estimate of drug-likeness (QED) is 0.912. The Morgan fingerprint density at radius 3 is 2.90 bits per heavy atom. The Morgan fingerprint density at radius 2 is 2.25 bits per heavy atom. The zero-order chi connectivity index (χ0) is 14.3. The Balaban J connectivity index is 1.92. The first kappa shape index (κ1) is 13.3. The molecule has 20 heavy (non-hydrogen) atoms. The molecule has 1 N–H and O–H groups in total. The molecule has 0 radical (unpaired) electrons. The Kier molecular flexibility index (Phi) is 3.35. The van der Waals surface area contributed by atoms with Crippen molar-refractivity contribution in [1.29, 1.82) is 0 Å². The van der Waals surface area contributed by atoms with Gasteiger partial charge in [0.25, 0.3) is 5.91 Å². The maximum Gasteiger partial charge on any atom is 0.323 e. The van der Waals surface area contributed by atoms with Crippen molar-refractivity contribution in [2.24, 2.45) is 0 Å². The Hall–Kier alpha value is -1.67. The van der Waals surface area contributed by atoms with Crippen molar-refractivity contribution >= 4 is 39.1 Å². The predicted octanol–water partition coefficient (Wildman–Crippen LogP) is 1.91. The van der Waals surface area contributed by atoms with Crippen molar-refractivity contribution < 1.29 is 14.7 Å². The fourth-order valence-corrected chi connectivity index (χ4v) is 3.47. The molecular formula is C12H10BrN3O3S. The molecule has 0 fully saturated rings. The molecule has 0 spiro atoms. The maximum atomic E-state index is 12.2. The molecule has 0 unspecified atom stereocenters. The lowest BCUT2D eigenvalue weighted by molar-refractivity contribution is -0.137. The first-order valence-corrected chi connectivity index (χ1v) is 7.50. The Morgan fingerprint density at radius 1 is 1.45 bits per heavy atom. The van der Waals surface area contributed by atoms with Crippen molar-refractivity contribution in [3.05, 3.63) is 27.7 Å². The van der Waals surface area contributed by atoms with Gasteiger partial charge in [0.15, 0.2) is 0 Å². The van der Waals surface area contributed by atoms with E-state index in [1.807, 2.05) is 12.1 Å². The van der Waals surface area contributed by atoms with Gasteiger partial charge in [-0.05, 0) is 34.1 Å². The van der Waals surface area contributed by atoms with Crippen LogP contribution >= 0.6 is 27.3 Å². The van der Waals surface area contributed by atoms with Crippen LogP contribution in [0.4, 0.5) is 0 Å². The summed E-state index contributed by atoms with van der Waals surface area (Å²) in [6.45, 7) is 0.609. The molecule has 2 aromatic rings. The van der Waals surface area contributed by atoms with Gasteiger partial charge in [-0.1, -0.05) is 0 Å². The summed E-state index contributed by atoms with van der Waals surface area (Å²) in [6.07, 6.45) is 0. The second-order valence-corrected chi connectivity index (χ2v) is 6.83. The van der Waals surface area contributed by atoms with E-state index in [9.17, 15) is 9.59 Å². The van der Waals surface area contributed by atoms with Crippen LogP contribution < -0.4 is 0 Å². The van der Waals surface area contributed by atoms with E-state index in [1.165, 1.54) is 16.2 Å². The summed E-state index contributed by atoms with van der Waals surface area (Å²) >= 11 is 4.93. The van der Waals surface area contributed by atoms with Gasteiger partial charge in [0, 0.05) is 6.54 Å². The van der Waals surface area contributed by atoms with Gasteiger partial charge in [-0.25, -0.2) is 0 Å². The number of amides is 1. The van der Waals surface area contributed by atoms with Crippen LogP contribution in [0.2, 0.25) is 0 Å². The van der Waals surface area contributed by atoms with Gasteiger partial charge in [0.05, 0.1) is 15.2 Å². The number of nitrogens with zero attached hydrogens (tertiary/aromatic N) is 3. The molecule has 0 aromatic carbocycles. The number of halogens is 1. The topological polar surface area (TPSA) is 75.4 Å². The third kappa shape index (κ3) is 2.36. The second kappa shape index (κ2) is 5.02. The molecule has 1 amide bonds. The number of rotatable bonds is 3. The summed E-state index contributed by atoms with van der Waals surface area (Å²) in [5.74, 6) is -1.29. The van der Waals surface area contributed by atoms with Crippen LogP contribution in [0, 0.1) is 0 Å². The predicted molar refractivity (Wildman–Crippen MR) is 76.8 cm³/mol. The average molecular weight is 356 g/mol. The van der Waals surface area contributed by atoms with Gasteiger partial charge >= 0.3 is 5.97 Å². The molecule has 3 heterocycles. The second-order valence-electron chi connectivity index (χ2n) is 4.36. The van der Waals surface area contributed by atoms with E-state index in [4.69, 9.17) is 5.11 Å². The normalized spacial score (nSPS) is 14.4. The van der Waals surface area contributed by atoms with Crippen LogP contribution in [-0.4, -0.2) is 44.8 Å². The standard InChI is InChI=1S/C12H10BrN3O3S/c13-10-2-1-9(20-10)7-5-8-12(19)15(6-11(17)18)3-4-16(8)14-7/h1-2,5H,3-4,6H2,(H,17,18). The highest BCUT2D eigenvalue weighted by molar-refractivity contribution is 9.11. The molecule has 0 saturated carbocycles. The molecule has 104 valence electrons. The highest BCUT2D eigenvalue weighted by Crippen LogP contribution is 2.31. The summed E-state index contributed by atoms with van der Waals surface area (Å²) in [6, 6.07) is 5.58. The third-order valence-electron chi connectivity index (χ3n) is 3.02. The van der Waals surface area contributed by atoms with Crippen molar-refractivity contribution in [2.75, 3.05) is 13.1 Å². The van der Waals surface area contributed by atoms with Crippen LogP contribution in [0.25, 0.3) is 10.6 Å². The summed E-state index contributed by atoms with van der Waals surface area (Å²) in [4.78, 5) is 25.2. The number of hydrogen-bond donors (Lipinski definition) is 1. The minimum Gasteiger partial charge on any atom is -0.480 e. The molecular weight excluding hydrogens is 346 g/mol. The minimum absolute atomic E-state index is 0.274. The smallest absolute Gasteiger partial charge is 0.323 e. The van der Waals surface area contributed by atoms with Crippen LogP contribution in [0.3, 0.4) is 0 Å². The van der Waals surface area contributed by atoms with Crippen LogP contribution in [-0.2, 0) is 11.3 Å². The SMILES string of the molecule is O=C(O)CN1CCn2nc(-c3ccc(Br)s3)cc2C1=O. The fraction of sp³-hybridized carbons (Fsp3) is 0.250. The van der Waals surface area contributed by atoms with Gasteiger partial charge in [0.1, 0.15) is 17.9 Å². The van der Waals surface area contributed by atoms with Crippen LogP contribution in [0.15, 0.2) is 22.0 Å². The van der Waals surface area contributed by atoms with Crippen molar-refractivity contribution in [3.8, 4) is 10.6 Å². The molecule has 0 atom stereocenters. The van der Waals surface area contributed by atoms with Crippen LogP contribution in [0.5, 0.6) is 0 Å². The van der Waals surface area contributed by atoms with Gasteiger partial charge < -0.3 is 10.0 Å². The number of thiophene rings is 1. The third-order valence-corrected chi connectivity index (χ3v) is 4.67. The number of hydrogen-bond acceptors (Lipinski definition) is 4. The highest BCUT2D eigenvalue weighted by atomic mass is 79.9. The van der Waals surface area contributed by atoms with E-state index in [2.05, 4.69) is 21.0 Å². The molecule has 6 nitrogen and oxygen atoms in total. The van der Waals surface area contributed by atoms with Gasteiger partial charge in [-0.3, -0.25) is 14.3 Å². The molecule has 1 aliphatic heterocycles. The Labute approximate surface area is 126 Å². The van der Waals surface area contributed by atoms with E-state index < -0.39 is 5.97 Å². The van der Waals surface area contributed by atoms with E-state index in [0.29, 0.717) is 18.8 Å². The zero-order valence-corrected chi connectivity index (χ0v) is 12.6. The monoisotopic (exact) mass is 355 g/mol. The van der Waals surface area contributed by atoms with Crippen LogP contribution in [0.1, 0.15) is 10.5 Å². The van der Waals surface area contributed by atoms with Crippen molar-refractivity contribution in [1.82, 2.24) is 14.7 Å². The number of fused-ring (bicyclic) bond motifs is 1. The van der Waals surface area contributed by atoms with E-state index in [1.54, 1.807) is 10.7 Å². The molecule has 1 aliphatic rings. The molecule has 0 saturated heterocycles. The summed E-state index contributed by atoms with van der Waals surface area (Å²) < 4.78 is 2.64. The zero-order valence-electron chi connectivity index (χ0n) is 10.2. The molecule has 0 aliphatic carbocycles. The largest absolute Gasteiger partial charge is 0.480 e. The lowest BCUT2D eigenvalue weighted by Crippen LogP contribution is -2.43. The number of carboxylic acid groups (broad SMARTS) is 1. The van der Waals surface area contributed by atoms with Gasteiger partial charge in [-0.15, -0.1) is 11.3 Å². The van der Waals surface area contributed by atoms with E-state index in [-0.39, 0.29) is 12.5 Å². The first-order chi connectivity index (χ1) is 9.54. The van der Waals surface area contributed by atoms with Gasteiger partial charge in [0.2, 0.25) is 0 Å². The molecule has 0 bridgehead atoms. The Bertz CT molecular complexity index is 694. The number of aromatic nitrogens is 2. The highest BCUT2D eigenvalue weighted by Gasteiger charge is 2.28. The molecule has 2 aromatic heterocycles. The average Bonchev–Trinajstić information content (AvgIpc) is 2.98. The lowest BCUT2D eigenvalue weighted by Gasteiger charge is -2.25. The summed E-state index contributed by atoms with van der Waals surface area (Å²) in [5, 5.41) is 13.2. The number of aliphatic carboxylic acids is 1. The van der Waals surface area contributed by atoms with E-state index in [0.717, 1.165) is 14.4 Å². The first-order valence-electron chi connectivity index (χ1n) is 5.89. The summed E-state index contributed by atoms with van der Waals surface area (Å²) in [7, 11) is 0. The van der Waals surface area contributed by atoms with Crippen molar-refractivity contribution in [3.63, 3.8) is 0 Å². The molecule has 3 rings (SSSR count). The number of carboxylic acids is 1. The fourth-order valence-electron chi connectivity index (χ4n) is 2.12. The maximum absolute atomic E-state index is 12.2. The van der Waals surface area contributed by atoms with Crippen molar-refractivity contribution in [2.45, 2.75) is 6.54 Å².